The first kappa shape index (κ1) is 13.9. The molecule has 1 aromatic rings. The predicted octanol–water partition coefficient (Wildman–Crippen LogP) is 2.21. The van der Waals surface area contributed by atoms with Crippen molar-refractivity contribution >= 4 is 17.2 Å². The fraction of sp³-hybridized carbons (Fsp3) is 0.533. The molecule has 2 aliphatic rings. The average molecular weight is 294 g/mol. The van der Waals surface area contributed by atoms with Gasteiger partial charge in [-0.2, -0.15) is 0 Å². The van der Waals surface area contributed by atoms with Gasteiger partial charge >= 0.3 is 0 Å². The van der Waals surface area contributed by atoms with Crippen LogP contribution in [-0.2, 0) is 11.3 Å². The van der Waals surface area contributed by atoms with Gasteiger partial charge in [0.1, 0.15) is 10.8 Å². The van der Waals surface area contributed by atoms with E-state index in [1.165, 1.54) is 18.9 Å². The molecule has 108 valence electrons. The summed E-state index contributed by atoms with van der Waals surface area (Å²) >= 11 is 4.89. The summed E-state index contributed by atoms with van der Waals surface area (Å²) in [7, 11) is 0. The van der Waals surface area contributed by atoms with Crippen LogP contribution in [0.4, 0.5) is 4.39 Å². The standard InChI is InChI=1S/C15H19FN2OS/c16-12-5-4-10(8-11(12)15(17)20)9-18-6-7-19-14-3-1-2-13(14)18/h4-5,8,13-14H,1-3,6-7,9H2,(H2,17,20). The second-order valence-electron chi connectivity index (χ2n) is 5.56. The molecule has 0 radical (unpaired) electrons. The molecule has 1 saturated heterocycles. The Kier molecular flexibility index (Phi) is 4.01. The highest BCUT2D eigenvalue weighted by atomic mass is 32.1. The molecular formula is C15H19FN2OS. The molecular weight excluding hydrogens is 275 g/mol. The van der Waals surface area contributed by atoms with Crippen LogP contribution in [0.1, 0.15) is 30.4 Å². The number of morpholine rings is 1. The predicted molar refractivity (Wildman–Crippen MR) is 80.1 cm³/mol. The first-order valence-electron chi connectivity index (χ1n) is 7.09. The van der Waals surface area contributed by atoms with Gasteiger partial charge in [0.25, 0.3) is 0 Å². The normalized spacial score (nSPS) is 26.4. The van der Waals surface area contributed by atoms with Crippen LogP contribution in [0.5, 0.6) is 0 Å². The zero-order valence-electron chi connectivity index (χ0n) is 11.3. The van der Waals surface area contributed by atoms with Crippen molar-refractivity contribution in [1.29, 1.82) is 0 Å². The van der Waals surface area contributed by atoms with Crippen LogP contribution in [0.25, 0.3) is 0 Å². The number of nitrogens with zero attached hydrogens (tertiary/aromatic N) is 1. The van der Waals surface area contributed by atoms with Crippen LogP contribution in [0.2, 0.25) is 0 Å². The fourth-order valence-electron chi connectivity index (χ4n) is 3.30. The molecule has 3 nitrogen and oxygen atoms in total. The van der Waals surface area contributed by atoms with Crippen molar-refractivity contribution in [2.24, 2.45) is 5.73 Å². The van der Waals surface area contributed by atoms with Crippen molar-refractivity contribution in [3.05, 3.63) is 35.1 Å². The lowest BCUT2D eigenvalue weighted by molar-refractivity contribution is -0.0588. The maximum absolute atomic E-state index is 13.6. The molecule has 0 amide bonds. The molecule has 1 heterocycles. The lowest BCUT2D eigenvalue weighted by atomic mass is 10.1. The quantitative estimate of drug-likeness (QED) is 0.868. The van der Waals surface area contributed by atoms with Crippen molar-refractivity contribution in [3.63, 3.8) is 0 Å². The van der Waals surface area contributed by atoms with Crippen LogP contribution >= 0.6 is 12.2 Å². The molecule has 3 rings (SSSR count). The zero-order chi connectivity index (χ0) is 14.1. The molecule has 20 heavy (non-hydrogen) atoms. The minimum absolute atomic E-state index is 0.116. The van der Waals surface area contributed by atoms with Crippen LogP contribution < -0.4 is 5.73 Å². The smallest absolute Gasteiger partial charge is 0.133 e. The summed E-state index contributed by atoms with van der Waals surface area (Å²) in [5.74, 6) is -0.345. The summed E-state index contributed by atoms with van der Waals surface area (Å²) in [6.45, 7) is 2.52. The molecule has 2 fully saturated rings. The van der Waals surface area contributed by atoms with Gasteiger partial charge in [-0.1, -0.05) is 18.3 Å². The summed E-state index contributed by atoms with van der Waals surface area (Å²) in [5.41, 5.74) is 6.96. The highest BCUT2D eigenvalue weighted by Crippen LogP contribution is 2.30. The molecule has 1 aliphatic carbocycles. The third-order valence-corrected chi connectivity index (χ3v) is 4.50. The third-order valence-electron chi connectivity index (χ3n) is 4.28. The van der Waals surface area contributed by atoms with E-state index in [2.05, 4.69) is 4.90 Å². The number of fused-ring (bicyclic) bond motifs is 1. The Hall–Kier alpha value is -1.04. The molecule has 2 N–H and O–H groups in total. The summed E-state index contributed by atoms with van der Waals surface area (Å²) in [6.07, 6.45) is 3.95. The molecule has 2 unspecified atom stereocenters. The highest BCUT2D eigenvalue weighted by Gasteiger charge is 2.35. The minimum atomic E-state index is -0.345. The van der Waals surface area contributed by atoms with E-state index in [4.69, 9.17) is 22.7 Å². The third kappa shape index (κ3) is 2.71. The number of hydrogen-bond acceptors (Lipinski definition) is 3. The van der Waals surface area contributed by atoms with Gasteiger partial charge in [-0.3, -0.25) is 4.90 Å². The summed E-state index contributed by atoms with van der Waals surface area (Å²) in [6, 6.07) is 5.55. The van der Waals surface area contributed by atoms with Gasteiger partial charge in [-0.25, -0.2) is 4.39 Å². The van der Waals surface area contributed by atoms with Gasteiger partial charge in [0.2, 0.25) is 0 Å². The Morgan fingerprint density at radius 3 is 3.10 bits per heavy atom. The number of benzene rings is 1. The number of nitrogens with two attached hydrogens (primary N) is 1. The molecule has 2 atom stereocenters. The number of thiocarbonyl (C=S) groups is 1. The van der Waals surface area contributed by atoms with E-state index in [0.717, 1.165) is 31.7 Å². The Morgan fingerprint density at radius 2 is 2.30 bits per heavy atom. The van der Waals surface area contributed by atoms with Gasteiger partial charge in [-0.15, -0.1) is 0 Å². The molecule has 1 saturated carbocycles. The molecule has 0 bridgehead atoms. The van der Waals surface area contributed by atoms with Crippen molar-refractivity contribution in [2.45, 2.75) is 38.0 Å². The highest BCUT2D eigenvalue weighted by molar-refractivity contribution is 7.80. The van der Waals surface area contributed by atoms with E-state index in [1.54, 1.807) is 6.07 Å². The van der Waals surface area contributed by atoms with Crippen molar-refractivity contribution in [3.8, 4) is 0 Å². The second-order valence-corrected chi connectivity index (χ2v) is 6.00. The maximum Gasteiger partial charge on any atom is 0.133 e. The first-order valence-corrected chi connectivity index (χ1v) is 7.50. The second kappa shape index (κ2) is 5.76. The maximum atomic E-state index is 13.6. The number of ether oxygens (including phenoxy) is 1. The molecule has 0 spiro atoms. The zero-order valence-corrected chi connectivity index (χ0v) is 12.2. The SMILES string of the molecule is NC(=S)c1cc(CN2CCOC3CCCC32)ccc1F. The van der Waals surface area contributed by atoms with Gasteiger partial charge in [0, 0.05) is 24.7 Å². The fourth-order valence-corrected chi connectivity index (χ4v) is 3.45. The van der Waals surface area contributed by atoms with E-state index in [-0.39, 0.29) is 10.8 Å². The van der Waals surface area contributed by atoms with E-state index in [0.29, 0.717) is 17.7 Å². The minimum Gasteiger partial charge on any atom is -0.389 e. The Labute approximate surface area is 123 Å². The lowest BCUT2D eigenvalue weighted by Gasteiger charge is -2.37. The number of hydrogen-bond donors (Lipinski definition) is 1. The molecule has 0 aromatic heterocycles. The van der Waals surface area contributed by atoms with E-state index < -0.39 is 0 Å². The Balaban J connectivity index is 1.77. The average Bonchev–Trinajstić information content (AvgIpc) is 2.90. The Bertz CT molecular complexity index is 523. The largest absolute Gasteiger partial charge is 0.389 e. The van der Waals surface area contributed by atoms with Gasteiger partial charge in [0.05, 0.1) is 12.7 Å². The van der Waals surface area contributed by atoms with Crippen LogP contribution in [0.3, 0.4) is 0 Å². The Morgan fingerprint density at radius 1 is 1.45 bits per heavy atom. The summed E-state index contributed by atoms with van der Waals surface area (Å²) < 4.78 is 19.4. The number of halogens is 1. The van der Waals surface area contributed by atoms with Crippen molar-refractivity contribution in [2.75, 3.05) is 13.2 Å². The monoisotopic (exact) mass is 294 g/mol. The molecule has 1 aromatic carbocycles. The van der Waals surface area contributed by atoms with Gasteiger partial charge < -0.3 is 10.5 Å². The van der Waals surface area contributed by atoms with Crippen molar-refractivity contribution < 1.29 is 9.13 Å². The lowest BCUT2D eigenvalue weighted by Crippen LogP contribution is -2.47. The van der Waals surface area contributed by atoms with Crippen molar-refractivity contribution in [1.82, 2.24) is 4.90 Å². The molecule has 1 aliphatic heterocycles. The van der Waals surface area contributed by atoms with E-state index >= 15 is 0 Å². The van der Waals surface area contributed by atoms with Gasteiger partial charge in [0.15, 0.2) is 0 Å². The molecule has 5 heteroatoms. The van der Waals surface area contributed by atoms with Crippen LogP contribution in [0, 0.1) is 5.82 Å². The van der Waals surface area contributed by atoms with Crippen LogP contribution in [-0.4, -0.2) is 35.2 Å². The summed E-state index contributed by atoms with van der Waals surface area (Å²) in [4.78, 5) is 2.56. The number of rotatable bonds is 3. The van der Waals surface area contributed by atoms with Gasteiger partial charge in [-0.05, 0) is 37.0 Å². The summed E-state index contributed by atoms with van der Waals surface area (Å²) in [5, 5.41) is 0. The van der Waals surface area contributed by atoms with Crippen LogP contribution in [0.15, 0.2) is 18.2 Å². The topological polar surface area (TPSA) is 38.5 Å². The van der Waals surface area contributed by atoms with E-state index in [9.17, 15) is 4.39 Å². The first-order chi connectivity index (χ1) is 9.65. The van der Waals surface area contributed by atoms with E-state index in [1.807, 2.05) is 6.07 Å².